The number of nitro benzene ring substituents is 1. The molecule has 1 aromatic carbocycles. The third kappa shape index (κ3) is 5.52. The predicted molar refractivity (Wildman–Crippen MR) is 107 cm³/mol. The van der Waals surface area contributed by atoms with Crippen molar-refractivity contribution in [2.24, 2.45) is 17.8 Å². The summed E-state index contributed by atoms with van der Waals surface area (Å²) in [5.74, 6) is 2.42. The van der Waals surface area contributed by atoms with Crippen LogP contribution < -0.4 is 0 Å². The first-order valence-electron chi connectivity index (χ1n) is 11.0. The molecule has 0 aromatic heterocycles. The third-order valence-electron chi connectivity index (χ3n) is 7.13. The Labute approximate surface area is 162 Å². The van der Waals surface area contributed by atoms with Gasteiger partial charge in [-0.25, -0.2) is 0 Å². The molecule has 27 heavy (non-hydrogen) atoms. The molecular weight excluding hydrogens is 341 g/mol. The minimum absolute atomic E-state index is 0.362. The molecule has 0 aliphatic heterocycles. The van der Waals surface area contributed by atoms with E-state index in [-0.39, 0.29) is 0 Å². The molecule has 0 radical (unpaired) electrons. The number of nitro groups is 1. The molecule has 1 aromatic rings. The fraction of sp³-hybridized carbons (Fsp3) is 0.739. The lowest BCUT2D eigenvalue weighted by molar-refractivity contribution is -0.387. The fourth-order valence-electron chi connectivity index (χ4n) is 5.40. The monoisotopic (exact) mass is 375 g/mol. The Kier molecular flexibility index (Phi) is 7.26. The predicted octanol–water partition coefficient (Wildman–Crippen LogP) is 7.39. The molecule has 0 amide bonds. The van der Waals surface area contributed by atoms with Crippen LogP contribution in [0.25, 0.3) is 0 Å². The van der Waals surface area contributed by atoms with Crippen LogP contribution in [0.15, 0.2) is 18.2 Å². The van der Waals surface area contributed by atoms with Crippen molar-refractivity contribution in [2.75, 3.05) is 0 Å². The smallest absolute Gasteiger partial charge is 0.258 e. The maximum absolute atomic E-state index is 13.9. The Morgan fingerprint density at radius 2 is 1.44 bits per heavy atom. The van der Waals surface area contributed by atoms with Gasteiger partial charge in [-0.3, -0.25) is 10.1 Å². The highest BCUT2D eigenvalue weighted by molar-refractivity contribution is 5.36. The number of rotatable bonds is 7. The summed E-state index contributed by atoms with van der Waals surface area (Å²) in [6.45, 7) is 2.30. The SMILES string of the molecule is CCCC1CCC(CCC2CCC(c3ccc([N+](=O)[O-])c(F)c3)CC2)CC1. The molecule has 2 aliphatic rings. The Morgan fingerprint density at radius 1 is 0.926 bits per heavy atom. The van der Waals surface area contributed by atoms with Gasteiger partial charge in [0.15, 0.2) is 0 Å². The minimum Gasteiger partial charge on any atom is -0.258 e. The van der Waals surface area contributed by atoms with Crippen LogP contribution in [0, 0.1) is 33.7 Å². The van der Waals surface area contributed by atoms with Gasteiger partial charge in [0.1, 0.15) is 0 Å². The highest BCUT2D eigenvalue weighted by Crippen LogP contribution is 2.40. The summed E-state index contributed by atoms with van der Waals surface area (Å²) < 4.78 is 13.9. The van der Waals surface area contributed by atoms with Gasteiger partial charge in [0.25, 0.3) is 0 Å². The molecule has 4 heteroatoms. The number of benzene rings is 1. The van der Waals surface area contributed by atoms with Crippen LogP contribution in [0.1, 0.15) is 95.5 Å². The van der Waals surface area contributed by atoms with Crippen LogP contribution in [0.5, 0.6) is 0 Å². The van der Waals surface area contributed by atoms with Crippen molar-refractivity contribution in [1.82, 2.24) is 0 Å². The average Bonchev–Trinajstić information content (AvgIpc) is 2.68. The molecule has 3 rings (SSSR count). The molecule has 150 valence electrons. The molecule has 0 N–H and O–H groups in total. The number of nitrogens with zero attached hydrogens (tertiary/aromatic N) is 1. The number of halogens is 1. The van der Waals surface area contributed by atoms with Crippen molar-refractivity contribution in [3.63, 3.8) is 0 Å². The minimum atomic E-state index is -0.696. The van der Waals surface area contributed by atoms with E-state index in [4.69, 9.17) is 0 Å². The Morgan fingerprint density at radius 3 is 1.93 bits per heavy atom. The summed E-state index contributed by atoms with van der Waals surface area (Å²) in [6.07, 6.45) is 15.8. The standard InChI is InChI=1S/C23H34FNO2/c1-2-3-17-4-6-18(7-5-17)8-9-19-10-12-20(13-11-19)21-14-15-23(25(26)27)22(24)16-21/h14-20H,2-13H2,1H3. The molecule has 3 nitrogen and oxygen atoms in total. The van der Waals surface area contributed by atoms with Gasteiger partial charge in [-0.15, -0.1) is 0 Å². The van der Waals surface area contributed by atoms with Crippen LogP contribution in [0.2, 0.25) is 0 Å². The molecule has 0 spiro atoms. The molecular formula is C23H34FNO2. The maximum Gasteiger partial charge on any atom is 0.304 e. The lowest BCUT2D eigenvalue weighted by Gasteiger charge is -2.32. The molecule has 0 unspecified atom stereocenters. The first-order valence-corrected chi connectivity index (χ1v) is 11.0. The normalized spacial score (nSPS) is 28.8. The van der Waals surface area contributed by atoms with Crippen molar-refractivity contribution >= 4 is 5.69 Å². The van der Waals surface area contributed by atoms with E-state index in [1.54, 1.807) is 6.07 Å². The highest BCUT2D eigenvalue weighted by atomic mass is 19.1. The third-order valence-corrected chi connectivity index (χ3v) is 7.13. The van der Waals surface area contributed by atoms with E-state index in [9.17, 15) is 14.5 Å². The van der Waals surface area contributed by atoms with Crippen molar-refractivity contribution < 1.29 is 9.31 Å². The first kappa shape index (κ1) is 20.3. The second-order valence-electron chi connectivity index (χ2n) is 8.94. The average molecular weight is 376 g/mol. The quantitative estimate of drug-likeness (QED) is 0.368. The van der Waals surface area contributed by atoms with Crippen LogP contribution in [-0.2, 0) is 0 Å². The van der Waals surface area contributed by atoms with Crippen molar-refractivity contribution in [3.8, 4) is 0 Å². The van der Waals surface area contributed by atoms with Crippen molar-refractivity contribution in [2.45, 2.75) is 89.9 Å². The first-order chi connectivity index (χ1) is 13.1. The summed E-state index contributed by atoms with van der Waals surface area (Å²) in [7, 11) is 0. The van der Waals surface area contributed by atoms with E-state index in [2.05, 4.69) is 6.92 Å². The molecule has 2 aliphatic carbocycles. The zero-order valence-corrected chi connectivity index (χ0v) is 16.7. The summed E-state index contributed by atoms with van der Waals surface area (Å²) in [5, 5.41) is 10.8. The second kappa shape index (κ2) is 9.66. The lowest BCUT2D eigenvalue weighted by atomic mass is 9.74. The molecule has 0 saturated heterocycles. The Balaban J connectivity index is 1.40. The fourth-order valence-corrected chi connectivity index (χ4v) is 5.40. The van der Waals surface area contributed by atoms with Crippen LogP contribution in [0.3, 0.4) is 0 Å². The van der Waals surface area contributed by atoms with Crippen molar-refractivity contribution in [1.29, 1.82) is 0 Å². The second-order valence-corrected chi connectivity index (χ2v) is 8.94. The zero-order chi connectivity index (χ0) is 19.2. The van der Waals surface area contributed by atoms with E-state index in [1.165, 1.54) is 76.3 Å². The molecule has 0 atom stereocenters. The largest absolute Gasteiger partial charge is 0.304 e. The van der Waals surface area contributed by atoms with E-state index in [1.807, 2.05) is 0 Å². The van der Waals surface area contributed by atoms with Crippen LogP contribution in [0.4, 0.5) is 10.1 Å². The van der Waals surface area contributed by atoms with Gasteiger partial charge in [0.2, 0.25) is 5.82 Å². The Hall–Kier alpha value is -1.45. The highest BCUT2D eigenvalue weighted by Gasteiger charge is 2.26. The molecule has 0 heterocycles. The van der Waals surface area contributed by atoms with Crippen LogP contribution in [-0.4, -0.2) is 4.92 Å². The van der Waals surface area contributed by atoms with E-state index in [0.29, 0.717) is 5.92 Å². The van der Waals surface area contributed by atoms with Gasteiger partial charge < -0.3 is 0 Å². The summed E-state index contributed by atoms with van der Waals surface area (Å²) >= 11 is 0. The molecule has 2 saturated carbocycles. The maximum atomic E-state index is 13.9. The van der Waals surface area contributed by atoms with Gasteiger partial charge >= 0.3 is 5.69 Å². The van der Waals surface area contributed by atoms with Gasteiger partial charge in [0, 0.05) is 6.07 Å². The number of hydrogen-bond donors (Lipinski definition) is 0. The van der Waals surface area contributed by atoms with E-state index < -0.39 is 16.4 Å². The van der Waals surface area contributed by atoms with Gasteiger partial charge in [-0.05, 0) is 61.0 Å². The van der Waals surface area contributed by atoms with E-state index >= 15 is 0 Å². The summed E-state index contributed by atoms with van der Waals surface area (Å²) in [6, 6.07) is 4.46. The summed E-state index contributed by atoms with van der Waals surface area (Å²) in [4.78, 5) is 10.1. The van der Waals surface area contributed by atoms with Gasteiger partial charge in [-0.1, -0.05) is 64.4 Å². The van der Waals surface area contributed by atoms with Crippen LogP contribution >= 0.6 is 0 Å². The lowest BCUT2D eigenvalue weighted by Crippen LogP contribution is -2.17. The summed E-state index contributed by atoms with van der Waals surface area (Å²) in [5.41, 5.74) is 0.520. The Bertz CT molecular complexity index is 617. The van der Waals surface area contributed by atoms with E-state index in [0.717, 1.165) is 36.2 Å². The van der Waals surface area contributed by atoms with Gasteiger partial charge in [-0.2, -0.15) is 4.39 Å². The number of hydrogen-bond acceptors (Lipinski definition) is 2. The zero-order valence-electron chi connectivity index (χ0n) is 16.7. The molecule has 2 fully saturated rings. The van der Waals surface area contributed by atoms with Gasteiger partial charge in [0.05, 0.1) is 4.92 Å². The van der Waals surface area contributed by atoms with Crippen molar-refractivity contribution in [3.05, 3.63) is 39.7 Å². The topological polar surface area (TPSA) is 43.1 Å². The molecule has 0 bridgehead atoms.